The van der Waals surface area contributed by atoms with Gasteiger partial charge in [0.2, 0.25) is 0 Å². The van der Waals surface area contributed by atoms with Gasteiger partial charge in [0, 0.05) is 4.47 Å². The molecule has 1 N–H and O–H groups in total. The van der Waals surface area contributed by atoms with Gasteiger partial charge in [0.1, 0.15) is 0 Å². The molecule has 8 heteroatoms. The number of aliphatic hydroxyl groups is 1. The summed E-state index contributed by atoms with van der Waals surface area (Å²) in [7, 11) is 0. The van der Waals surface area contributed by atoms with E-state index < -0.39 is 40.1 Å². The maximum atomic E-state index is 12.4. The largest absolute Gasteiger partial charge is 0.417 e. The number of alkyl halides is 6. The summed E-state index contributed by atoms with van der Waals surface area (Å²) in [6.45, 7) is -0.994. The Hall–Kier alpha value is -0.760. The molecule has 0 amide bonds. The van der Waals surface area contributed by atoms with Crippen LogP contribution in [0.3, 0.4) is 0 Å². The highest BCUT2D eigenvalue weighted by atomic mass is 79.9. The number of rotatable bonds is 1. The normalized spacial score (nSPS) is 12.9. The van der Waals surface area contributed by atoms with Crippen molar-refractivity contribution in [2.75, 3.05) is 0 Å². The van der Waals surface area contributed by atoms with Crippen LogP contribution in [0.2, 0.25) is 0 Å². The van der Waals surface area contributed by atoms with Crippen LogP contribution >= 0.6 is 15.9 Å². The van der Waals surface area contributed by atoms with E-state index >= 15 is 0 Å². The van der Waals surface area contributed by atoms with Crippen molar-refractivity contribution in [3.8, 4) is 0 Å². The van der Waals surface area contributed by atoms with Crippen molar-refractivity contribution in [3.05, 3.63) is 33.3 Å². The van der Waals surface area contributed by atoms with Crippen LogP contribution in [0, 0.1) is 0 Å². The molecule has 0 aliphatic heterocycles. The molecule has 0 saturated carbocycles. The van der Waals surface area contributed by atoms with Gasteiger partial charge in [0.05, 0.1) is 17.7 Å². The molecule has 0 atom stereocenters. The van der Waals surface area contributed by atoms with E-state index in [0.717, 1.165) is 0 Å². The zero-order valence-corrected chi connectivity index (χ0v) is 9.54. The number of hydrogen-bond acceptors (Lipinski definition) is 1. The Morgan fingerprint density at radius 3 is 1.76 bits per heavy atom. The Labute approximate surface area is 100 Å². The molecule has 0 aliphatic rings. The van der Waals surface area contributed by atoms with E-state index in [1.165, 1.54) is 0 Å². The minimum absolute atomic E-state index is 0.0182. The topological polar surface area (TPSA) is 20.2 Å². The smallest absolute Gasteiger partial charge is 0.392 e. The molecule has 0 spiro atoms. The average Bonchev–Trinajstić information content (AvgIpc) is 2.13. The fraction of sp³-hybridized carbons (Fsp3) is 0.333. The SMILES string of the molecule is OCc1cc(Br)c(C(F)(F)F)cc1C(F)(F)F. The maximum Gasteiger partial charge on any atom is 0.417 e. The predicted octanol–water partition coefficient (Wildman–Crippen LogP) is 3.98. The minimum atomic E-state index is -4.95. The van der Waals surface area contributed by atoms with Crippen LogP contribution in [0.4, 0.5) is 26.3 Å². The van der Waals surface area contributed by atoms with Gasteiger partial charge < -0.3 is 5.11 Å². The Balaban J connectivity index is 3.49. The quantitative estimate of drug-likeness (QED) is 0.775. The third kappa shape index (κ3) is 3.12. The van der Waals surface area contributed by atoms with Crippen molar-refractivity contribution >= 4 is 15.9 Å². The molecule has 0 radical (unpaired) electrons. The second-order valence-electron chi connectivity index (χ2n) is 3.14. The molecule has 0 aliphatic carbocycles. The van der Waals surface area contributed by atoms with Crippen LogP contribution in [-0.2, 0) is 19.0 Å². The monoisotopic (exact) mass is 322 g/mol. The molecule has 1 nitrogen and oxygen atoms in total. The summed E-state index contributed by atoms with van der Waals surface area (Å²) in [5.41, 5.74) is -3.53. The first-order chi connectivity index (χ1) is 7.57. The molecule has 1 aromatic rings. The number of benzene rings is 1. The molecule has 0 saturated heterocycles. The molecule has 1 rings (SSSR count). The van der Waals surface area contributed by atoms with Gasteiger partial charge in [-0.25, -0.2) is 0 Å². The molecule has 17 heavy (non-hydrogen) atoms. The fourth-order valence-corrected chi connectivity index (χ4v) is 1.84. The lowest BCUT2D eigenvalue weighted by molar-refractivity contribution is -0.144. The van der Waals surface area contributed by atoms with E-state index in [-0.39, 0.29) is 6.07 Å². The van der Waals surface area contributed by atoms with E-state index in [4.69, 9.17) is 5.11 Å². The van der Waals surface area contributed by atoms with Crippen LogP contribution in [0.25, 0.3) is 0 Å². The van der Waals surface area contributed by atoms with Crippen molar-refractivity contribution in [1.82, 2.24) is 0 Å². The van der Waals surface area contributed by atoms with Gasteiger partial charge in [-0.3, -0.25) is 0 Å². The lowest BCUT2D eigenvalue weighted by Gasteiger charge is -2.16. The zero-order valence-electron chi connectivity index (χ0n) is 7.95. The summed E-state index contributed by atoms with van der Waals surface area (Å²) in [5.74, 6) is 0. The second kappa shape index (κ2) is 4.49. The van der Waals surface area contributed by atoms with Gasteiger partial charge in [-0.15, -0.1) is 0 Å². The molecule has 96 valence electrons. The first-order valence-corrected chi connectivity index (χ1v) is 4.94. The minimum Gasteiger partial charge on any atom is -0.392 e. The number of hydrogen-bond donors (Lipinski definition) is 1. The highest BCUT2D eigenvalue weighted by molar-refractivity contribution is 9.10. The van der Waals surface area contributed by atoms with Gasteiger partial charge in [-0.1, -0.05) is 15.9 Å². The second-order valence-corrected chi connectivity index (χ2v) is 4.00. The van der Waals surface area contributed by atoms with Crippen molar-refractivity contribution < 1.29 is 31.4 Å². The van der Waals surface area contributed by atoms with Gasteiger partial charge >= 0.3 is 12.4 Å². The molecule has 0 heterocycles. The van der Waals surface area contributed by atoms with Gasteiger partial charge in [-0.05, 0) is 17.7 Å². The molecular formula is C9H5BrF6O. The number of halogens is 7. The molecular weight excluding hydrogens is 318 g/mol. The van der Waals surface area contributed by atoms with Crippen molar-refractivity contribution in [2.45, 2.75) is 19.0 Å². The third-order valence-corrected chi connectivity index (χ3v) is 2.63. The summed E-state index contributed by atoms with van der Waals surface area (Å²) in [5, 5.41) is 8.70. The molecule has 0 unspecified atom stereocenters. The van der Waals surface area contributed by atoms with E-state index in [0.29, 0.717) is 6.07 Å². The lowest BCUT2D eigenvalue weighted by Crippen LogP contribution is -2.14. The van der Waals surface area contributed by atoms with E-state index in [1.54, 1.807) is 0 Å². The molecule has 1 aromatic carbocycles. The average molecular weight is 323 g/mol. The summed E-state index contributed by atoms with van der Waals surface area (Å²) >= 11 is 2.53. The standard InChI is InChI=1S/C9H5BrF6O/c10-7-1-4(3-17)5(8(11,12)13)2-6(7)9(14,15)16/h1-2,17H,3H2. The summed E-state index contributed by atoms with van der Waals surface area (Å²) in [4.78, 5) is 0. The summed E-state index contributed by atoms with van der Waals surface area (Å²) in [6, 6.07) is 0.598. The van der Waals surface area contributed by atoms with Crippen LogP contribution in [-0.4, -0.2) is 5.11 Å². The van der Waals surface area contributed by atoms with Crippen LogP contribution in [0.5, 0.6) is 0 Å². The molecule has 0 aromatic heterocycles. The van der Waals surface area contributed by atoms with Gasteiger partial charge in [-0.2, -0.15) is 26.3 Å². The predicted molar refractivity (Wildman–Crippen MR) is 50.1 cm³/mol. The Morgan fingerprint density at radius 1 is 0.941 bits per heavy atom. The van der Waals surface area contributed by atoms with Crippen LogP contribution < -0.4 is 0 Å². The van der Waals surface area contributed by atoms with E-state index in [1.807, 2.05) is 0 Å². The lowest BCUT2D eigenvalue weighted by atomic mass is 10.0. The van der Waals surface area contributed by atoms with Crippen molar-refractivity contribution in [2.24, 2.45) is 0 Å². The van der Waals surface area contributed by atoms with Gasteiger partial charge in [0.15, 0.2) is 0 Å². The Bertz CT molecular complexity index is 423. The van der Waals surface area contributed by atoms with E-state index in [2.05, 4.69) is 15.9 Å². The van der Waals surface area contributed by atoms with E-state index in [9.17, 15) is 26.3 Å². The Morgan fingerprint density at radius 2 is 1.41 bits per heavy atom. The third-order valence-electron chi connectivity index (χ3n) is 1.97. The van der Waals surface area contributed by atoms with Crippen molar-refractivity contribution in [3.63, 3.8) is 0 Å². The highest BCUT2D eigenvalue weighted by Gasteiger charge is 2.39. The van der Waals surface area contributed by atoms with Crippen molar-refractivity contribution in [1.29, 1.82) is 0 Å². The Kier molecular flexibility index (Phi) is 3.78. The fourth-order valence-electron chi connectivity index (χ4n) is 1.23. The highest BCUT2D eigenvalue weighted by Crippen LogP contribution is 2.41. The zero-order chi connectivity index (χ0) is 13.4. The van der Waals surface area contributed by atoms with Crippen LogP contribution in [0.15, 0.2) is 16.6 Å². The maximum absolute atomic E-state index is 12.4. The first-order valence-electron chi connectivity index (χ1n) is 4.15. The summed E-state index contributed by atoms with van der Waals surface area (Å²) < 4.78 is 74.0. The summed E-state index contributed by atoms with van der Waals surface area (Å²) in [6.07, 6.45) is -9.84. The molecule has 0 bridgehead atoms. The van der Waals surface area contributed by atoms with Gasteiger partial charge in [0.25, 0.3) is 0 Å². The first kappa shape index (κ1) is 14.3. The van der Waals surface area contributed by atoms with Crippen LogP contribution in [0.1, 0.15) is 16.7 Å². The molecule has 0 fully saturated rings. The number of aliphatic hydroxyl groups excluding tert-OH is 1.